The monoisotopic (exact) mass is 252 g/mol. The highest BCUT2D eigenvalue weighted by Gasteiger charge is 2.23. The summed E-state index contributed by atoms with van der Waals surface area (Å²) in [5, 5.41) is 10.1. The van der Waals surface area contributed by atoms with Gasteiger partial charge in [-0.05, 0) is 12.1 Å². The molecular formula is C12H16N2O2S. The van der Waals surface area contributed by atoms with Crippen molar-refractivity contribution in [3.8, 4) is 0 Å². The molecule has 0 saturated carbocycles. The Kier molecular flexibility index (Phi) is 3.57. The predicted octanol–water partition coefficient (Wildman–Crippen LogP) is 2.11. The molecule has 1 N–H and O–H groups in total. The molecule has 5 heteroatoms. The third kappa shape index (κ3) is 2.91. The van der Waals surface area contributed by atoms with E-state index >= 15 is 0 Å². The van der Waals surface area contributed by atoms with Crippen molar-refractivity contribution in [1.82, 2.24) is 4.98 Å². The number of carboxylic acid groups (broad SMARTS) is 1. The van der Waals surface area contributed by atoms with Crippen LogP contribution in [0.2, 0.25) is 0 Å². The first-order valence-corrected chi connectivity index (χ1v) is 6.60. The Morgan fingerprint density at radius 1 is 1.47 bits per heavy atom. The molecule has 17 heavy (non-hydrogen) atoms. The fraction of sp³-hybridized carbons (Fsp3) is 0.500. The van der Waals surface area contributed by atoms with Gasteiger partial charge in [-0.1, -0.05) is 13.8 Å². The number of hydrogen-bond donors (Lipinski definition) is 1. The van der Waals surface area contributed by atoms with Gasteiger partial charge in [0.15, 0.2) is 0 Å². The molecule has 0 aliphatic carbocycles. The SMILES string of the molecule is CC1CN(c2ccnc(C(=O)O)c2)CC(C)S1. The second-order valence-corrected chi connectivity index (χ2v) is 6.25. The molecule has 0 amide bonds. The molecule has 1 fully saturated rings. The summed E-state index contributed by atoms with van der Waals surface area (Å²) < 4.78 is 0. The van der Waals surface area contributed by atoms with Crippen LogP contribution >= 0.6 is 11.8 Å². The lowest BCUT2D eigenvalue weighted by Gasteiger charge is -2.36. The number of carboxylic acids is 1. The maximum atomic E-state index is 10.9. The highest BCUT2D eigenvalue weighted by Crippen LogP contribution is 2.28. The minimum atomic E-state index is -0.973. The number of aromatic carboxylic acids is 1. The Bertz CT molecular complexity index is 415. The molecule has 1 aliphatic rings. The maximum absolute atomic E-state index is 10.9. The molecule has 1 aliphatic heterocycles. The quantitative estimate of drug-likeness (QED) is 0.873. The summed E-state index contributed by atoms with van der Waals surface area (Å²) in [7, 11) is 0. The van der Waals surface area contributed by atoms with Crippen LogP contribution in [-0.4, -0.2) is 39.6 Å². The van der Waals surface area contributed by atoms with Crippen molar-refractivity contribution in [1.29, 1.82) is 0 Å². The van der Waals surface area contributed by atoms with Crippen LogP contribution in [0, 0.1) is 0 Å². The van der Waals surface area contributed by atoms with Gasteiger partial charge >= 0.3 is 5.97 Å². The lowest BCUT2D eigenvalue weighted by molar-refractivity contribution is 0.0690. The highest BCUT2D eigenvalue weighted by atomic mass is 32.2. The van der Waals surface area contributed by atoms with Gasteiger partial charge in [-0.3, -0.25) is 0 Å². The fourth-order valence-electron chi connectivity index (χ4n) is 2.12. The molecular weight excluding hydrogens is 236 g/mol. The van der Waals surface area contributed by atoms with E-state index < -0.39 is 5.97 Å². The Labute approximate surface area is 105 Å². The molecule has 0 aromatic carbocycles. The van der Waals surface area contributed by atoms with E-state index in [1.54, 1.807) is 12.3 Å². The summed E-state index contributed by atoms with van der Waals surface area (Å²) in [6.07, 6.45) is 1.57. The van der Waals surface area contributed by atoms with E-state index in [-0.39, 0.29) is 5.69 Å². The van der Waals surface area contributed by atoms with Crippen LogP contribution in [0.3, 0.4) is 0 Å². The van der Waals surface area contributed by atoms with Gasteiger partial charge in [-0.2, -0.15) is 11.8 Å². The molecule has 1 aromatic heterocycles. The maximum Gasteiger partial charge on any atom is 0.354 e. The van der Waals surface area contributed by atoms with Crippen LogP contribution < -0.4 is 4.90 Å². The molecule has 2 unspecified atom stereocenters. The van der Waals surface area contributed by atoms with Gasteiger partial charge in [0, 0.05) is 35.5 Å². The smallest absolute Gasteiger partial charge is 0.354 e. The first-order valence-electron chi connectivity index (χ1n) is 5.66. The number of pyridine rings is 1. The summed E-state index contributed by atoms with van der Waals surface area (Å²) >= 11 is 1.98. The molecule has 2 atom stereocenters. The zero-order valence-corrected chi connectivity index (χ0v) is 10.8. The number of hydrogen-bond acceptors (Lipinski definition) is 4. The zero-order valence-electron chi connectivity index (χ0n) is 9.96. The number of carbonyl (C=O) groups is 1. The Hall–Kier alpha value is -1.23. The first-order chi connectivity index (χ1) is 8.06. The molecule has 2 heterocycles. The predicted molar refractivity (Wildman–Crippen MR) is 69.9 cm³/mol. The van der Waals surface area contributed by atoms with E-state index in [1.165, 1.54) is 0 Å². The topological polar surface area (TPSA) is 53.4 Å². The molecule has 1 aromatic rings. The molecule has 0 spiro atoms. The van der Waals surface area contributed by atoms with Gasteiger partial charge in [-0.25, -0.2) is 9.78 Å². The number of rotatable bonds is 2. The average Bonchev–Trinajstić information content (AvgIpc) is 2.28. The molecule has 2 rings (SSSR count). The fourth-order valence-corrected chi connectivity index (χ4v) is 3.45. The summed E-state index contributed by atoms with van der Waals surface area (Å²) in [5.74, 6) is -0.973. The van der Waals surface area contributed by atoms with Crippen LogP contribution in [0.15, 0.2) is 18.3 Å². The minimum Gasteiger partial charge on any atom is -0.477 e. The van der Waals surface area contributed by atoms with Gasteiger partial charge in [0.05, 0.1) is 0 Å². The zero-order chi connectivity index (χ0) is 12.4. The van der Waals surface area contributed by atoms with E-state index in [2.05, 4.69) is 23.7 Å². The number of thioether (sulfide) groups is 1. The highest BCUT2D eigenvalue weighted by molar-refractivity contribution is 8.00. The van der Waals surface area contributed by atoms with Crippen LogP contribution in [0.25, 0.3) is 0 Å². The van der Waals surface area contributed by atoms with Gasteiger partial charge in [0.25, 0.3) is 0 Å². The lowest BCUT2D eigenvalue weighted by atomic mass is 10.2. The van der Waals surface area contributed by atoms with Crippen LogP contribution in [0.1, 0.15) is 24.3 Å². The average molecular weight is 252 g/mol. The van der Waals surface area contributed by atoms with Crippen molar-refractivity contribution in [2.45, 2.75) is 24.3 Å². The summed E-state index contributed by atoms with van der Waals surface area (Å²) in [5.41, 5.74) is 1.07. The standard InChI is InChI=1S/C12H16N2O2S/c1-8-6-14(7-9(2)17-8)10-3-4-13-11(5-10)12(15)16/h3-5,8-9H,6-7H2,1-2H3,(H,15,16). The van der Waals surface area contributed by atoms with Crippen molar-refractivity contribution >= 4 is 23.4 Å². The van der Waals surface area contributed by atoms with Gasteiger partial charge in [0.2, 0.25) is 0 Å². The normalized spacial score (nSPS) is 24.7. The number of aromatic nitrogens is 1. The number of nitrogens with zero attached hydrogens (tertiary/aromatic N) is 2. The third-order valence-corrected chi connectivity index (χ3v) is 3.97. The summed E-state index contributed by atoms with van der Waals surface area (Å²) in [4.78, 5) is 17.0. The van der Waals surface area contributed by atoms with Gasteiger partial charge < -0.3 is 10.0 Å². The summed E-state index contributed by atoms with van der Waals surface area (Å²) in [6, 6.07) is 3.53. The minimum absolute atomic E-state index is 0.112. The second kappa shape index (κ2) is 4.96. The van der Waals surface area contributed by atoms with Gasteiger partial charge in [-0.15, -0.1) is 0 Å². The molecule has 4 nitrogen and oxygen atoms in total. The Morgan fingerprint density at radius 2 is 2.12 bits per heavy atom. The van der Waals surface area contributed by atoms with Crippen molar-refractivity contribution in [3.63, 3.8) is 0 Å². The molecule has 0 bridgehead atoms. The third-order valence-electron chi connectivity index (χ3n) is 2.75. The van der Waals surface area contributed by atoms with E-state index in [9.17, 15) is 4.79 Å². The molecule has 1 saturated heterocycles. The van der Waals surface area contributed by atoms with E-state index in [0.717, 1.165) is 18.8 Å². The first kappa shape index (κ1) is 12.2. The summed E-state index contributed by atoms with van der Waals surface area (Å²) in [6.45, 7) is 6.31. The van der Waals surface area contributed by atoms with Crippen LogP contribution in [0.5, 0.6) is 0 Å². The molecule has 92 valence electrons. The van der Waals surface area contributed by atoms with Gasteiger partial charge in [0.1, 0.15) is 5.69 Å². The Balaban J connectivity index is 2.21. The van der Waals surface area contributed by atoms with Crippen molar-refractivity contribution in [2.24, 2.45) is 0 Å². The van der Waals surface area contributed by atoms with Crippen LogP contribution in [-0.2, 0) is 0 Å². The van der Waals surface area contributed by atoms with E-state index in [1.807, 2.05) is 17.8 Å². The largest absolute Gasteiger partial charge is 0.477 e. The lowest BCUT2D eigenvalue weighted by Crippen LogP contribution is -2.40. The molecule has 0 radical (unpaired) electrons. The van der Waals surface area contributed by atoms with Crippen LogP contribution in [0.4, 0.5) is 5.69 Å². The number of anilines is 1. The van der Waals surface area contributed by atoms with Crippen molar-refractivity contribution < 1.29 is 9.90 Å². The Morgan fingerprint density at radius 3 is 2.71 bits per heavy atom. The van der Waals surface area contributed by atoms with E-state index in [0.29, 0.717) is 10.5 Å². The van der Waals surface area contributed by atoms with Crippen molar-refractivity contribution in [3.05, 3.63) is 24.0 Å². The van der Waals surface area contributed by atoms with E-state index in [4.69, 9.17) is 5.11 Å². The second-order valence-electron chi connectivity index (χ2n) is 4.37. The van der Waals surface area contributed by atoms with Crippen molar-refractivity contribution in [2.75, 3.05) is 18.0 Å².